The van der Waals surface area contributed by atoms with Gasteiger partial charge in [0.2, 0.25) is 0 Å². The average molecular weight is 356 g/mol. The number of fused-ring (bicyclic) bond motifs is 1. The van der Waals surface area contributed by atoms with Gasteiger partial charge in [0.15, 0.2) is 0 Å². The largest absolute Gasteiger partial charge is 0.343 e. The third kappa shape index (κ3) is 2.93. The molecule has 0 bridgehead atoms. The lowest BCUT2D eigenvalue weighted by molar-refractivity contribution is 0.783. The summed E-state index contributed by atoms with van der Waals surface area (Å²) in [6.45, 7) is 1.55. The van der Waals surface area contributed by atoms with Gasteiger partial charge in [-0.1, -0.05) is 47.5 Å². The standard InChI is InChI=1S/C19H15Cl2N3/c20-17-6-5-14(9-18(17)21)10-24-12-15(11-23-8-7-22-13-23)16-3-1-2-4-19(16)24/h1-9,12-13H,10-11H2. The molecule has 24 heavy (non-hydrogen) atoms. The van der Waals surface area contributed by atoms with Gasteiger partial charge in [-0.2, -0.15) is 0 Å². The van der Waals surface area contributed by atoms with E-state index in [0.29, 0.717) is 10.0 Å². The minimum absolute atomic E-state index is 0.582. The highest BCUT2D eigenvalue weighted by Crippen LogP contribution is 2.26. The number of imidazole rings is 1. The summed E-state index contributed by atoms with van der Waals surface area (Å²) >= 11 is 12.2. The number of aromatic nitrogens is 3. The zero-order chi connectivity index (χ0) is 16.5. The Morgan fingerprint density at radius 1 is 0.958 bits per heavy atom. The van der Waals surface area contributed by atoms with E-state index in [4.69, 9.17) is 23.2 Å². The van der Waals surface area contributed by atoms with Crippen LogP contribution >= 0.6 is 23.2 Å². The van der Waals surface area contributed by atoms with Gasteiger partial charge in [-0.25, -0.2) is 4.98 Å². The van der Waals surface area contributed by atoms with Crippen LogP contribution in [0.4, 0.5) is 0 Å². The Morgan fingerprint density at radius 3 is 2.62 bits per heavy atom. The van der Waals surface area contributed by atoms with Crippen molar-refractivity contribution >= 4 is 34.1 Å². The van der Waals surface area contributed by atoms with E-state index in [9.17, 15) is 0 Å². The lowest BCUT2D eigenvalue weighted by atomic mass is 10.2. The van der Waals surface area contributed by atoms with E-state index in [1.165, 1.54) is 16.5 Å². The summed E-state index contributed by atoms with van der Waals surface area (Å²) in [5, 5.41) is 2.43. The Bertz CT molecular complexity index is 987. The van der Waals surface area contributed by atoms with Crippen molar-refractivity contribution in [2.75, 3.05) is 0 Å². The first-order valence-electron chi connectivity index (χ1n) is 7.67. The molecule has 0 fully saturated rings. The van der Waals surface area contributed by atoms with Gasteiger partial charge in [0.25, 0.3) is 0 Å². The van der Waals surface area contributed by atoms with Crippen molar-refractivity contribution in [1.29, 1.82) is 0 Å². The number of nitrogens with zero attached hydrogens (tertiary/aromatic N) is 3. The summed E-state index contributed by atoms with van der Waals surface area (Å²) in [5.41, 5.74) is 3.60. The van der Waals surface area contributed by atoms with Gasteiger partial charge < -0.3 is 9.13 Å². The smallest absolute Gasteiger partial charge is 0.0949 e. The van der Waals surface area contributed by atoms with Gasteiger partial charge in [0, 0.05) is 36.0 Å². The number of hydrogen-bond donors (Lipinski definition) is 0. The number of hydrogen-bond acceptors (Lipinski definition) is 1. The van der Waals surface area contributed by atoms with Crippen molar-refractivity contribution in [3.63, 3.8) is 0 Å². The maximum Gasteiger partial charge on any atom is 0.0949 e. The molecule has 120 valence electrons. The van der Waals surface area contributed by atoms with Gasteiger partial charge in [0.05, 0.1) is 22.9 Å². The normalized spacial score (nSPS) is 11.2. The number of para-hydroxylation sites is 1. The van der Waals surface area contributed by atoms with Crippen LogP contribution < -0.4 is 0 Å². The van der Waals surface area contributed by atoms with Crippen LogP contribution in [0.1, 0.15) is 11.1 Å². The van der Waals surface area contributed by atoms with Crippen LogP contribution in [-0.4, -0.2) is 14.1 Å². The highest BCUT2D eigenvalue weighted by Gasteiger charge is 2.09. The molecular formula is C19H15Cl2N3. The Morgan fingerprint density at radius 2 is 1.83 bits per heavy atom. The molecule has 0 radical (unpaired) electrons. The quantitative estimate of drug-likeness (QED) is 0.490. The fourth-order valence-electron chi connectivity index (χ4n) is 2.99. The van der Waals surface area contributed by atoms with Crippen LogP contribution in [0.3, 0.4) is 0 Å². The maximum atomic E-state index is 6.15. The maximum absolute atomic E-state index is 6.15. The summed E-state index contributed by atoms with van der Waals surface area (Å²) in [7, 11) is 0. The Labute approximate surface area is 150 Å². The SMILES string of the molecule is Clc1ccc(Cn2cc(Cn3ccnc3)c3ccccc32)cc1Cl. The second-order valence-corrected chi connectivity index (χ2v) is 6.60. The summed E-state index contributed by atoms with van der Waals surface area (Å²) in [5.74, 6) is 0. The minimum Gasteiger partial charge on any atom is -0.343 e. The van der Waals surface area contributed by atoms with Crippen molar-refractivity contribution in [3.8, 4) is 0 Å². The molecule has 0 aliphatic heterocycles. The Balaban J connectivity index is 1.73. The first kappa shape index (κ1) is 15.3. The summed E-state index contributed by atoms with van der Waals surface area (Å²) in [6, 6.07) is 14.2. The number of benzene rings is 2. The third-order valence-electron chi connectivity index (χ3n) is 4.12. The first-order valence-corrected chi connectivity index (χ1v) is 8.43. The monoisotopic (exact) mass is 355 g/mol. The molecule has 0 atom stereocenters. The lowest BCUT2D eigenvalue weighted by Crippen LogP contribution is -1.98. The van der Waals surface area contributed by atoms with E-state index in [-0.39, 0.29) is 0 Å². The zero-order valence-electron chi connectivity index (χ0n) is 12.9. The van der Waals surface area contributed by atoms with Gasteiger partial charge >= 0.3 is 0 Å². The molecule has 4 aromatic rings. The topological polar surface area (TPSA) is 22.8 Å². The van der Waals surface area contributed by atoms with Crippen molar-refractivity contribution in [2.24, 2.45) is 0 Å². The second kappa shape index (κ2) is 6.34. The summed E-state index contributed by atoms with van der Waals surface area (Å²) in [4.78, 5) is 4.12. The van der Waals surface area contributed by atoms with Gasteiger partial charge in [0.1, 0.15) is 0 Å². The fourth-order valence-corrected chi connectivity index (χ4v) is 3.31. The molecule has 0 spiro atoms. The number of halogens is 2. The molecular weight excluding hydrogens is 341 g/mol. The van der Waals surface area contributed by atoms with Crippen LogP contribution in [0.25, 0.3) is 10.9 Å². The molecule has 2 heterocycles. The predicted molar refractivity (Wildman–Crippen MR) is 98.8 cm³/mol. The van der Waals surface area contributed by atoms with Crippen molar-refractivity contribution in [2.45, 2.75) is 13.1 Å². The minimum atomic E-state index is 0.582. The van der Waals surface area contributed by atoms with Crippen LogP contribution in [0.15, 0.2) is 67.4 Å². The van der Waals surface area contributed by atoms with Gasteiger partial charge in [-0.05, 0) is 29.3 Å². The molecule has 0 saturated carbocycles. The first-order chi connectivity index (χ1) is 11.7. The molecule has 0 aliphatic rings. The van der Waals surface area contributed by atoms with Crippen LogP contribution in [0, 0.1) is 0 Å². The van der Waals surface area contributed by atoms with E-state index in [1.54, 1.807) is 6.20 Å². The van der Waals surface area contributed by atoms with E-state index in [2.05, 4.69) is 44.6 Å². The Hall–Kier alpha value is -2.23. The third-order valence-corrected chi connectivity index (χ3v) is 4.86. The molecule has 4 rings (SSSR count). The number of rotatable bonds is 4. The molecule has 0 unspecified atom stereocenters. The van der Waals surface area contributed by atoms with Crippen molar-refractivity contribution in [3.05, 3.63) is 88.6 Å². The average Bonchev–Trinajstić information content (AvgIpc) is 3.21. The molecule has 3 nitrogen and oxygen atoms in total. The summed E-state index contributed by atoms with van der Waals surface area (Å²) < 4.78 is 4.33. The molecule has 2 aromatic heterocycles. The molecule has 5 heteroatoms. The van der Waals surface area contributed by atoms with Crippen LogP contribution in [0.5, 0.6) is 0 Å². The van der Waals surface area contributed by atoms with Crippen LogP contribution in [0.2, 0.25) is 10.0 Å². The molecule has 2 aromatic carbocycles. The fraction of sp³-hybridized carbons (Fsp3) is 0.105. The predicted octanol–water partition coefficient (Wildman–Crippen LogP) is 5.24. The molecule has 0 N–H and O–H groups in total. The molecule has 0 aliphatic carbocycles. The van der Waals surface area contributed by atoms with Gasteiger partial charge in [-0.3, -0.25) is 0 Å². The zero-order valence-corrected chi connectivity index (χ0v) is 14.4. The van der Waals surface area contributed by atoms with Crippen LogP contribution in [-0.2, 0) is 13.1 Å². The summed E-state index contributed by atoms with van der Waals surface area (Å²) in [6.07, 6.45) is 7.82. The van der Waals surface area contributed by atoms with E-state index < -0.39 is 0 Å². The lowest BCUT2D eigenvalue weighted by Gasteiger charge is -2.07. The van der Waals surface area contributed by atoms with E-state index in [1.807, 2.05) is 30.7 Å². The van der Waals surface area contributed by atoms with Gasteiger partial charge in [-0.15, -0.1) is 0 Å². The van der Waals surface area contributed by atoms with Crippen molar-refractivity contribution < 1.29 is 0 Å². The van der Waals surface area contributed by atoms with E-state index in [0.717, 1.165) is 18.7 Å². The van der Waals surface area contributed by atoms with Crippen molar-refractivity contribution in [1.82, 2.24) is 14.1 Å². The highest BCUT2D eigenvalue weighted by atomic mass is 35.5. The Kier molecular flexibility index (Phi) is 4.05. The van der Waals surface area contributed by atoms with E-state index >= 15 is 0 Å². The second-order valence-electron chi connectivity index (χ2n) is 5.78. The molecule has 0 amide bonds. The molecule has 0 saturated heterocycles. The highest BCUT2D eigenvalue weighted by molar-refractivity contribution is 6.42.